The van der Waals surface area contributed by atoms with Crippen LogP contribution < -0.4 is 5.32 Å². The van der Waals surface area contributed by atoms with Crippen molar-refractivity contribution in [3.05, 3.63) is 53.7 Å². The predicted octanol–water partition coefficient (Wildman–Crippen LogP) is 3.89. The number of rotatable bonds is 3. The molecule has 1 aromatic carbocycles. The summed E-state index contributed by atoms with van der Waals surface area (Å²) < 4.78 is 42.2. The van der Waals surface area contributed by atoms with E-state index in [2.05, 4.69) is 20.0 Å². The number of nitrogens with zero attached hydrogens (tertiary/aromatic N) is 4. The second-order valence-corrected chi connectivity index (χ2v) is 6.79. The normalized spacial score (nSPS) is 14.0. The van der Waals surface area contributed by atoms with Gasteiger partial charge >= 0.3 is 6.18 Å². The van der Waals surface area contributed by atoms with Gasteiger partial charge in [-0.2, -0.15) is 18.3 Å². The number of aromatic nitrogens is 4. The standard InChI is InChI=1S/C19H18F3N5O/c1-26-10-14(17(25-26)19(20,21)22)18(28)23-13-7-5-12(6-8-13)15-11-27-9-3-2-4-16(27)24-15/h5-8,10-11H,2-4,9H2,1H3,(H,23,28). The Morgan fingerprint density at radius 1 is 1.14 bits per heavy atom. The Kier molecular flexibility index (Phi) is 4.44. The van der Waals surface area contributed by atoms with E-state index >= 15 is 0 Å². The first-order chi connectivity index (χ1) is 13.3. The van der Waals surface area contributed by atoms with Crippen LogP contribution in [0.1, 0.15) is 34.7 Å². The van der Waals surface area contributed by atoms with E-state index in [1.54, 1.807) is 24.3 Å². The summed E-state index contributed by atoms with van der Waals surface area (Å²) in [5.41, 5.74) is 0.418. The summed E-state index contributed by atoms with van der Waals surface area (Å²) in [4.78, 5) is 16.9. The number of benzene rings is 1. The van der Waals surface area contributed by atoms with Crippen molar-refractivity contribution >= 4 is 11.6 Å². The highest BCUT2D eigenvalue weighted by molar-refractivity contribution is 6.05. The van der Waals surface area contributed by atoms with Gasteiger partial charge in [-0.1, -0.05) is 12.1 Å². The monoisotopic (exact) mass is 389 g/mol. The molecule has 0 saturated carbocycles. The van der Waals surface area contributed by atoms with Gasteiger partial charge in [0.15, 0.2) is 5.69 Å². The first-order valence-electron chi connectivity index (χ1n) is 8.90. The summed E-state index contributed by atoms with van der Waals surface area (Å²) >= 11 is 0. The van der Waals surface area contributed by atoms with Crippen LogP contribution in [0.2, 0.25) is 0 Å². The smallest absolute Gasteiger partial charge is 0.334 e. The zero-order valence-corrected chi connectivity index (χ0v) is 15.1. The Morgan fingerprint density at radius 3 is 2.57 bits per heavy atom. The molecule has 4 rings (SSSR count). The zero-order chi connectivity index (χ0) is 19.9. The summed E-state index contributed by atoms with van der Waals surface area (Å²) in [7, 11) is 1.34. The molecule has 2 aromatic heterocycles. The second kappa shape index (κ2) is 6.81. The number of anilines is 1. The predicted molar refractivity (Wildman–Crippen MR) is 96.8 cm³/mol. The lowest BCUT2D eigenvalue weighted by molar-refractivity contribution is -0.141. The van der Waals surface area contributed by atoms with Crippen LogP contribution in [0.4, 0.5) is 18.9 Å². The van der Waals surface area contributed by atoms with Crippen molar-refractivity contribution in [1.29, 1.82) is 0 Å². The molecule has 0 radical (unpaired) electrons. The minimum absolute atomic E-state index is 0.398. The molecule has 1 amide bonds. The van der Waals surface area contributed by atoms with Crippen LogP contribution in [0.5, 0.6) is 0 Å². The van der Waals surface area contributed by atoms with Crippen molar-refractivity contribution in [2.24, 2.45) is 7.05 Å². The molecule has 28 heavy (non-hydrogen) atoms. The van der Waals surface area contributed by atoms with E-state index in [1.165, 1.54) is 7.05 Å². The molecule has 0 spiro atoms. The van der Waals surface area contributed by atoms with Gasteiger partial charge in [0.1, 0.15) is 5.82 Å². The average Bonchev–Trinajstić information content (AvgIpc) is 3.25. The fourth-order valence-electron chi connectivity index (χ4n) is 3.34. The number of carbonyl (C=O) groups excluding carboxylic acids is 1. The minimum Gasteiger partial charge on any atom is -0.334 e. The molecule has 1 N–H and O–H groups in total. The maximum Gasteiger partial charge on any atom is 0.435 e. The van der Waals surface area contributed by atoms with Crippen LogP contribution in [0.15, 0.2) is 36.7 Å². The van der Waals surface area contributed by atoms with Crippen LogP contribution >= 0.6 is 0 Å². The Labute approximate surface area is 159 Å². The largest absolute Gasteiger partial charge is 0.435 e. The highest BCUT2D eigenvalue weighted by Crippen LogP contribution is 2.31. The lowest BCUT2D eigenvalue weighted by Crippen LogP contribution is -2.17. The van der Waals surface area contributed by atoms with E-state index in [0.717, 1.165) is 53.8 Å². The number of imidazole rings is 1. The molecule has 9 heteroatoms. The summed E-state index contributed by atoms with van der Waals surface area (Å²) in [6.45, 7) is 0.961. The van der Waals surface area contributed by atoms with Gasteiger partial charge < -0.3 is 9.88 Å². The SMILES string of the molecule is Cn1cc(C(=O)Nc2ccc(-c3cn4c(n3)CCCC4)cc2)c(C(F)(F)F)n1. The fraction of sp³-hybridized carbons (Fsp3) is 0.316. The molecule has 0 bridgehead atoms. The topological polar surface area (TPSA) is 64.7 Å². The molecule has 3 heterocycles. The van der Waals surface area contributed by atoms with E-state index in [4.69, 9.17) is 0 Å². The molecular weight excluding hydrogens is 371 g/mol. The number of nitrogens with one attached hydrogen (secondary N) is 1. The lowest BCUT2D eigenvalue weighted by atomic mass is 10.1. The van der Waals surface area contributed by atoms with E-state index < -0.39 is 23.3 Å². The van der Waals surface area contributed by atoms with Gasteiger partial charge in [-0.25, -0.2) is 4.98 Å². The third kappa shape index (κ3) is 3.51. The molecule has 1 aliphatic rings. The summed E-state index contributed by atoms with van der Waals surface area (Å²) in [6.07, 6.45) is 1.60. The van der Waals surface area contributed by atoms with Gasteiger partial charge in [0.05, 0.1) is 11.3 Å². The maximum absolute atomic E-state index is 13.0. The molecule has 6 nitrogen and oxygen atoms in total. The van der Waals surface area contributed by atoms with E-state index in [9.17, 15) is 18.0 Å². The Morgan fingerprint density at radius 2 is 1.89 bits per heavy atom. The minimum atomic E-state index is -4.70. The Hall–Kier alpha value is -3.10. The molecular formula is C19H18F3N5O. The highest BCUT2D eigenvalue weighted by Gasteiger charge is 2.39. The zero-order valence-electron chi connectivity index (χ0n) is 15.1. The molecule has 0 atom stereocenters. The molecule has 0 unspecified atom stereocenters. The Bertz CT molecular complexity index is 994. The molecule has 3 aromatic rings. The van der Waals surface area contributed by atoms with Gasteiger partial charge in [-0.15, -0.1) is 0 Å². The third-order valence-corrected chi connectivity index (χ3v) is 4.69. The quantitative estimate of drug-likeness (QED) is 0.739. The third-order valence-electron chi connectivity index (χ3n) is 4.69. The first kappa shape index (κ1) is 18.3. The van der Waals surface area contributed by atoms with Gasteiger partial charge in [-0.3, -0.25) is 9.48 Å². The van der Waals surface area contributed by atoms with E-state index in [1.807, 2.05) is 6.20 Å². The number of amides is 1. The fourth-order valence-corrected chi connectivity index (χ4v) is 3.34. The van der Waals surface area contributed by atoms with Crippen molar-refractivity contribution in [2.75, 3.05) is 5.32 Å². The van der Waals surface area contributed by atoms with Crippen LogP contribution in [0.3, 0.4) is 0 Å². The molecule has 0 fully saturated rings. The number of fused-ring (bicyclic) bond motifs is 1. The van der Waals surface area contributed by atoms with Gasteiger partial charge in [0, 0.05) is 43.7 Å². The molecule has 146 valence electrons. The number of hydrogen-bond acceptors (Lipinski definition) is 3. The van der Waals surface area contributed by atoms with Gasteiger partial charge in [0.2, 0.25) is 0 Å². The van der Waals surface area contributed by atoms with Crippen molar-refractivity contribution < 1.29 is 18.0 Å². The highest BCUT2D eigenvalue weighted by atomic mass is 19.4. The van der Waals surface area contributed by atoms with Crippen LogP contribution in [-0.4, -0.2) is 25.2 Å². The molecule has 0 saturated heterocycles. The number of alkyl halides is 3. The summed E-state index contributed by atoms with van der Waals surface area (Å²) in [5, 5.41) is 5.84. The number of halogens is 3. The van der Waals surface area contributed by atoms with Crippen LogP contribution in [0.25, 0.3) is 11.3 Å². The van der Waals surface area contributed by atoms with Gasteiger partial charge in [-0.05, 0) is 25.0 Å². The molecule has 0 aliphatic carbocycles. The van der Waals surface area contributed by atoms with Crippen molar-refractivity contribution in [2.45, 2.75) is 32.0 Å². The van der Waals surface area contributed by atoms with Crippen molar-refractivity contribution in [3.8, 4) is 11.3 Å². The van der Waals surface area contributed by atoms with E-state index in [0.29, 0.717) is 5.69 Å². The Balaban J connectivity index is 1.52. The van der Waals surface area contributed by atoms with Crippen LogP contribution in [0, 0.1) is 0 Å². The number of carbonyl (C=O) groups is 1. The average molecular weight is 389 g/mol. The number of aryl methyl sites for hydroxylation is 3. The van der Waals surface area contributed by atoms with E-state index in [-0.39, 0.29) is 0 Å². The summed E-state index contributed by atoms with van der Waals surface area (Å²) in [5.74, 6) is 0.209. The maximum atomic E-state index is 13.0. The number of hydrogen-bond donors (Lipinski definition) is 1. The van der Waals surface area contributed by atoms with Crippen molar-refractivity contribution in [3.63, 3.8) is 0 Å². The lowest BCUT2D eigenvalue weighted by Gasteiger charge is -2.11. The second-order valence-electron chi connectivity index (χ2n) is 6.79. The summed E-state index contributed by atoms with van der Waals surface area (Å²) in [6, 6.07) is 6.88. The van der Waals surface area contributed by atoms with Crippen molar-refractivity contribution in [1.82, 2.24) is 19.3 Å². The molecule has 1 aliphatic heterocycles. The van der Waals surface area contributed by atoms with Crippen LogP contribution in [-0.2, 0) is 26.2 Å². The first-order valence-corrected chi connectivity index (χ1v) is 8.90. The van der Waals surface area contributed by atoms with Gasteiger partial charge in [0.25, 0.3) is 5.91 Å².